The van der Waals surface area contributed by atoms with E-state index in [1.54, 1.807) is 6.07 Å². The van der Waals surface area contributed by atoms with Crippen molar-refractivity contribution in [1.29, 1.82) is 0 Å². The molecule has 88 valence electrons. The van der Waals surface area contributed by atoms with Gasteiger partial charge in [0.2, 0.25) is 0 Å². The Morgan fingerprint density at radius 3 is 2.65 bits per heavy atom. The van der Waals surface area contributed by atoms with Crippen LogP contribution in [-0.4, -0.2) is 11.7 Å². The molecule has 0 radical (unpaired) electrons. The molecule has 2 nitrogen and oxygen atoms in total. The fraction of sp³-hybridized carbons (Fsp3) is 0.333. The summed E-state index contributed by atoms with van der Waals surface area (Å²) in [5.41, 5.74) is 7.50. The number of benzene rings is 2. The molecule has 2 aromatic rings. The third kappa shape index (κ3) is 1.52. The molecule has 0 aromatic heterocycles. The Bertz CT molecular complexity index is 552. The van der Waals surface area contributed by atoms with E-state index in [-0.39, 0.29) is 5.41 Å². The zero-order chi connectivity index (χ0) is 11.9. The zero-order valence-corrected chi connectivity index (χ0v) is 9.82. The summed E-state index contributed by atoms with van der Waals surface area (Å²) in [7, 11) is 0. The van der Waals surface area contributed by atoms with Gasteiger partial charge in [-0.2, -0.15) is 0 Å². The van der Waals surface area contributed by atoms with Crippen molar-refractivity contribution in [2.75, 3.05) is 6.54 Å². The lowest BCUT2D eigenvalue weighted by Gasteiger charge is -2.42. The summed E-state index contributed by atoms with van der Waals surface area (Å²) in [5.74, 6) is 0.324. The first-order chi connectivity index (χ1) is 8.25. The number of fused-ring (bicyclic) bond motifs is 1. The number of phenolic OH excluding ortho intramolecular Hbond substituents is 1. The van der Waals surface area contributed by atoms with Crippen molar-refractivity contribution in [3.05, 3.63) is 42.0 Å². The summed E-state index contributed by atoms with van der Waals surface area (Å²) in [6.45, 7) is 0.715. The van der Waals surface area contributed by atoms with Crippen molar-refractivity contribution in [1.82, 2.24) is 0 Å². The van der Waals surface area contributed by atoms with Gasteiger partial charge < -0.3 is 10.8 Å². The molecule has 1 aliphatic rings. The van der Waals surface area contributed by atoms with E-state index in [9.17, 15) is 5.11 Å². The molecular formula is C15H17NO. The highest BCUT2D eigenvalue weighted by Gasteiger charge is 2.38. The summed E-state index contributed by atoms with van der Waals surface area (Å²) < 4.78 is 0. The van der Waals surface area contributed by atoms with Crippen LogP contribution in [0.4, 0.5) is 0 Å². The average Bonchev–Trinajstić information content (AvgIpc) is 2.28. The summed E-state index contributed by atoms with van der Waals surface area (Å²) in [5, 5.41) is 11.9. The van der Waals surface area contributed by atoms with Gasteiger partial charge in [0.1, 0.15) is 5.75 Å². The minimum atomic E-state index is 0.177. The van der Waals surface area contributed by atoms with Gasteiger partial charge in [-0.3, -0.25) is 0 Å². The quantitative estimate of drug-likeness (QED) is 0.828. The Kier molecular flexibility index (Phi) is 2.33. The van der Waals surface area contributed by atoms with E-state index in [2.05, 4.69) is 12.1 Å². The van der Waals surface area contributed by atoms with Crippen molar-refractivity contribution in [3.63, 3.8) is 0 Å². The maximum Gasteiger partial charge on any atom is 0.116 e. The molecule has 0 bridgehead atoms. The molecule has 0 spiro atoms. The molecule has 1 aliphatic carbocycles. The fourth-order valence-electron chi connectivity index (χ4n) is 2.92. The minimum Gasteiger partial charge on any atom is -0.508 e. The molecule has 2 heteroatoms. The van der Waals surface area contributed by atoms with E-state index in [4.69, 9.17) is 5.73 Å². The van der Waals surface area contributed by atoms with E-state index in [0.29, 0.717) is 12.3 Å². The molecular weight excluding hydrogens is 210 g/mol. The van der Waals surface area contributed by atoms with Gasteiger partial charge in [0.15, 0.2) is 0 Å². The number of nitrogens with two attached hydrogens (primary N) is 1. The lowest BCUT2D eigenvalue weighted by molar-refractivity contribution is 0.255. The Morgan fingerprint density at radius 1 is 1.18 bits per heavy atom. The van der Waals surface area contributed by atoms with Crippen LogP contribution >= 0.6 is 0 Å². The van der Waals surface area contributed by atoms with Crippen molar-refractivity contribution in [2.24, 2.45) is 5.73 Å². The molecule has 1 saturated carbocycles. The van der Waals surface area contributed by atoms with Crippen molar-refractivity contribution >= 4 is 10.8 Å². The molecule has 17 heavy (non-hydrogen) atoms. The molecule has 0 aliphatic heterocycles. The largest absolute Gasteiger partial charge is 0.508 e. The van der Waals surface area contributed by atoms with Crippen LogP contribution in [0.15, 0.2) is 36.4 Å². The molecule has 0 heterocycles. The lowest BCUT2D eigenvalue weighted by atomic mass is 9.63. The van der Waals surface area contributed by atoms with Crippen LogP contribution < -0.4 is 5.73 Å². The molecule has 1 fully saturated rings. The molecule has 3 rings (SSSR count). The summed E-state index contributed by atoms with van der Waals surface area (Å²) >= 11 is 0. The second kappa shape index (κ2) is 3.74. The van der Waals surface area contributed by atoms with E-state index in [0.717, 1.165) is 5.39 Å². The van der Waals surface area contributed by atoms with Crippen molar-refractivity contribution in [2.45, 2.75) is 24.7 Å². The molecule has 2 aromatic carbocycles. The monoisotopic (exact) mass is 227 g/mol. The van der Waals surface area contributed by atoms with Gasteiger partial charge in [0.25, 0.3) is 0 Å². The first-order valence-corrected chi connectivity index (χ1v) is 6.17. The number of hydrogen-bond donors (Lipinski definition) is 2. The molecule has 0 amide bonds. The third-order valence-electron chi connectivity index (χ3n) is 4.14. The number of hydrogen-bond acceptors (Lipinski definition) is 2. The van der Waals surface area contributed by atoms with Crippen LogP contribution in [0.5, 0.6) is 5.75 Å². The molecule has 3 N–H and O–H groups in total. The predicted octanol–water partition coefficient (Wildman–Crippen LogP) is 2.93. The first-order valence-electron chi connectivity index (χ1n) is 6.17. The smallest absolute Gasteiger partial charge is 0.116 e. The fourth-order valence-corrected chi connectivity index (χ4v) is 2.92. The van der Waals surface area contributed by atoms with Crippen LogP contribution in [0.2, 0.25) is 0 Å². The molecule has 0 saturated heterocycles. The Labute approximate surface area is 101 Å². The highest BCUT2D eigenvalue weighted by Crippen LogP contribution is 2.45. The SMILES string of the molecule is NCC1(c2cccc3cc(O)ccc23)CCC1. The second-order valence-electron chi connectivity index (χ2n) is 5.05. The van der Waals surface area contributed by atoms with Crippen molar-refractivity contribution < 1.29 is 5.11 Å². The normalized spacial score (nSPS) is 17.9. The van der Waals surface area contributed by atoms with Crippen molar-refractivity contribution in [3.8, 4) is 5.75 Å². The first kappa shape index (κ1) is 10.6. The Hall–Kier alpha value is -1.54. The van der Waals surface area contributed by atoms with Gasteiger partial charge in [0.05, 0.1) is 0 Å². The summed E-state index contributed by atoms with van der Waals surface area (Å²) in [6, 6.07) is 11.9. The Balaban J connectivity index is 2.23. The van der Waals surface area contributed by atoms with Gasteiger partial charge in [-0.15, -0.1) is 0 Å². The zero-order valence-electron chi connectivity index (χ0n) is 9.82. The van der Waals surface area contributed by atoms with Gasteiger partial charge in [-0.05, 0) is 41.3 Å². The van der Waals surface area contributed by atoms with Crippen LogP contribution in [0.1, 0.15) is 24.8 Å². The topological polar surface area (TPSA) is 46.2 Å². The third-order valence-corrected chi connectivity index (χ3v) is 4.14. The highest BCUT2D eigenvalue weighted by atomic mass is 16.3. The summed E-state index contributed by atoms with van der Waals surface area (Å²) in [4.78, 5) is 0. The maximum absolute atomic E-state index is 9.53. The van der Waals surface area contributed by atoms with Gasteiger partial charge in [0, 0.05) is 12.0 Å². The van der Waals surface area contributed by atoms with E-state index in [1.807, 2.05) is 18.2 Å². The number of phenols is 1. The van der Waals surface area contributed by atoms with Crippen LogP contribution in [0.25, 0.3) is 10.8 Å². The average molecular weight is 227 g/mol. The van der Waals surface area contributed by atoms with Gasteiger partial charge >= 0.3 is 0 Å². The summed E-state index contributed by atoms with van der Waals surface area (Å²) in [6.07, 6.45) is 3.64. The minimum absolute atomic E-state index is 0.177. The lowest BCUT2D eigenvalue weighted by Crippen LogP contribution is -2.41. The standard InChI is InChI=1S/C15H17NO/c16-10-15(7-2-8-15)14-4-1-3-11-9-12(17)5-6-13(11)14/h1,3-6,9,17H,2,7-8,10,16H2. The highest BCUT2D eigenvalue weighted by molar-refractivity contribution is 5.88. The molecule has 0 unspecified atom stereocenters. The number of aromatic hydroxyl groups is 1. The Morgan fingerprint density at radius 2 is 2.00 bits per heavy atom. The molecule has 0 atom stereocenters. The van der Waals surface area contributed by atoms with E-state index >= 15 is 0 Å². The van der Waals surface area contributed by atoms with Crippen LogP contribution in [-0.2, 0) is 5.41 Å². The van der Waals surface area contributed by atoms with Crippen LogP contribution in [0, 0.1) is 0 Å². The second-order valence-corrected chi connectivity index (χ2v) is 5.05. The van der Waals surface area contributed by atoms with Crippen LogP contribution in [0.3, 0.4) is 0 Å². The maximum atomic E-state index is 9.53. The van der Waals surface area contributed by atoms with Gasteiger partial charge in [-0.25, -0.2) is 0 Å². The number of rotatable bonds is 2. The van der Waals surface area contributed by atoms with E-state index < -0.39 is 0 Å². The predicted molar refractivity (Wildman–Crippen MR) is 70.2 cm³/mol. The van der Waals surface area contributed by atoms with Gasteiger partial charge in [-0.1, -0.05) is 30.7 Å². The van der Waals surface area contributed by atoms with E-state index in [1.165, 1.54) is 30.2 Å².